The molecule has 1 N–H and O–H groups in total. The zero-order valence-electron chi connectivity index (χ0n) is 11.7. The van der Waals surface area contributed by atoms with Gasteiger partial charge in [-0.15, -0.1) is 5.10 Å². The number of carbonyl (C=O) groups is 1. The number of fused-ring (bicyclic) bond motifs is 2. The fourth-order valence-electron chi connectivity index (χ4n) is 2.66. The third-order valence-electron chi connectivity index (χ3n) is 3.71. The van der Waals surface area contributed by atoms with Gasteiger partial charge in [-0.2, -0.15) is 0 Å². The molecule has 0 saturated carbocycles. The van der Waals surface area contributed by atoms with Crippen molar-refractivity contribution in [2.45, 2.75) is 13.5 Å². The number of ether oxygens (including phenoxy) is 1. The van der Waals surface area contributed by atoms with Crippen LogP contribution in [-0.4, -0.2) is 31.4 Å². The largest absolute Gasteiger partial charge is 0.488 e. The average molecular weight is 293 g/mol. The maximum atomic E-state index is 12.8. The molecule has 0 radical (unpaired) electrons. The highest BCUT2D eigenvalue weighted by Crippen LogP contribution is 2.33. The van der Waals surface area contributed by atoms with Crippen LogP contribution in [0.15, 0.2) is 30.5 Å². The first-order chi connectivity index (χ1) is 10.8. The van der Waals surface area contributed by atoms with Crippen LogP contribution in [0.2, 0.25) is 0 Å². The van der Waals surface area contributed by atoms with Crippen molar-refractivity contribution >= 4 is 5.78 Å². The Labute approximate surface area is 125 Å². The molecule has 0 atom stereocenters. The predicted molar refractivity (Wildman–Crippen MR) is 76.4 cm³/mol. The average Bonchev–Trinajstić information content (AvgIpc) is 3.02. The van der Waals surface area contributed by atoms with Crippen LogP contribution < -0.4 is 4.74 Å². The number of benzene rings is 1. The first kappa shape index (κ1) is 12.6. The van der Waals surface area contributed by atoms with E-state index in [1.807, 2.05) is 19.1 Å². The molecule has 0 bridgehead atoms. The minimum Gasteiger partial charge on any atom is -0.488 e. The molecule has 1 aliphatic rings. The van der Waals surface area contributed by atoms with Gasteiger partial charge in [-0.1, -0.05) is 12.1 Å². The van der Waals surface area contributed by atoms with Gasteiger partial charge in [0.25, 0.3) is 0 Å². The van der Waals surface area contributed by atoms with Gasteiger partial charge >= 0.3 is 0 Å². The maximum absolute atomic E-state index is 12.8. The third kappa shape index (κ3) is 1.79. The van der Waals surface area contributed by atoms with Crippen LogP contribution in [0.1, 0.15) is 27.2 Å². The van der Waals surface area contributed by atoms with Crippen molar-refractivity contribution in [3.8, 4) is 17.1 Å². The number of hydrogen-bond donors (Lipinski definition) is 1. The number of aromatic nitrogens is 5. The molecule has 0 aliphatic carbocycles. The lowest BCUT2D eigenvalue weighted by atomic mass is 9.96. The molecule has 108 valence electrons. The van der Waals surface area contributed by atoms with Crippen LogP contribution in [0, 0.1) is 6.92 Å². The van der Waals surface area contributed by atoms with E-state index < -0.39 is 0 Å². The first-order valence-corrected chi connectivity index (χ1v) is 6.75. The number of H-pyrrole nitrogens is 1. The Morgan fingerprint density at radius 2 is 2.09 bits per heavy atom. The number of nitrogens with one attached hydrogen (secondary N) is 1. The van der Waals surface area contributed by atoms with Crippen molar-refractivity contribution in [2.24, 2.45) is 0 Å². The molecule has 7 nitrogen and oxygen atoms in total. The number of aryl methyl sites for hydroxylation is 1. The van der Waals surface area contributed by atoms with E-state index in [0.717, 1.165) is 11.3 Å². The molecule has 0 unspecified atom stereocenters. The summed E-state index contributed by atoms with van der Waals surface area (Å²) in [5, 5.41) is 13.9. The van der Waals surface area contributed by atoms with Crippen molar-refractivity contribution in [1.82, 2.24) is 25.6 Å². The molecule has 7 heteroatoms. The van der Waals surface area contributed by atoms with Crippen LogP contribution in [0.25, 0.3) is 11.4 Å². The number of ketones is 1. The van der Waals surface area contributed by atoms with Crippen LogP contribution in [0.4, 0.5) is 0 Å². The lowest BCUT2D eigenvalue weighted by Gasteiger charge is -2.11. The van der Waals surface area contributed by atoms with Crippen molar-refractivity contribution in [1.29, 1.82) is 0 Å². The molecule has 1 aromatic carbocycles. The number of para-hydroxylation sites is 1. The van der Waals surface area contributed by atoms with Crippen LogP contribution in [-0.2, 0) is 6.61 Å². The fraction of sp³-hybridized carbons (Fsp3) is 0.133. The summed E-state index contributed by atoms with van der Waals surface area (Å²) in [5.74, 6) is 0.941. The number of rotatable bonds is 1. The summed E-state index contributed by atoms with van der Waals surface area (Å²) >= 11 is 0. The lowest BCUT2D eigenvalue weighted by Crippen LogP contribution is -2.08. The van der Waals surface area contributed by atoms with Gasteiger partial charge < -0.3 is 4.74 Å². The van der Waals surface area contributed by atoms with E-state index in [-0.39, 0.29) is 12.4 Å². The highest BCUT2D eigenvalue weighted by Gasteiger charge is 2.26. The Morgan fingerprint density at radius 1 is 1.23 bits per heavy atom. The van der Waals surface area contributed by atoms with Gasteiger partial charge in [0.05, 0.1) is 5.56 Å². The number of pyridine rings is 1. The third-order valence-corrected chi connectivity index (χ3v) is 3.71. The summed E-state index contributed by atoms with van der Waals surface area (Å²) in [5.41, 5.74) is 3.24. The monoisotopic (exact) mass is 293 g/mol. The van der Waals surface area contributed by atoms with Crippen LogP contribution in [0.3, 0.4) is 0 Å². The van der Waals surface area contributed by atoms with Gasteiger partial charge in [-0.3, -0.25) is 9.78 Å². The molecule has 0 saturated heterocycles. The Morgan fingerprint density at radius 3 is 2.91 bits per heavy atom. The predicted octanol–water partition coefficient (Wildman–Crippen LogP) is 1.69. The van der Waals surface area contributed by atoms with E-state index >= 15 is 0 Å². The molecule has 0 amide bonds. The van der Waals surface area contributed by atoms with Gasteiger partial charge in [-0.25, -0.2) is 5.10 Å². The quantitative estimate of drug-likeness (QED) is 0.734. The number of tetrazole rings is 1. The molecule has 3 aromatic rings. The standard InChI is InChI=1S/C15H11N5O2/c1-8-13(15-17-19-20-18-15)11-7-22-12-5-3-2-4-9(12)14(21)10(11)6-16-8/h2-6H,7H2,1H3,(H,17,18,19,20). The van der Waals surface area contributed by atoms with Gasteiger partial charge in [0.2, 0.25) is 0 Å². The summed E-state index contributed by atoms with van der Waals surface area (Å²) in [7, 11) is 0. The maximum Gasteiger partial charge on any atom is 0.198 e. The van der Waals surface area contributed by atoms with Crippen LogP contribution in [0.5, 0.6) is 5.75 Å². The summed E-state index contributed by atoms with van der Waals surface area (Å²) in [4.78, 5) is 17.1. The molecular weight excluding hydrogens is 282 g/mol. The van der Waals surface area contributed by atoms with E-state index in [1.54, 1.807) is 18.3 Å². The topological polar surface area (TPSA) is 93.7 Å². The zero-order chi connectivity index (χ0) is 15.1. The van der Waals surface area contributed by atoms with Gasteiger partial charge in [0, 0.05) is 28.6 Å². The number of carbonyl (C=O) groups excluding carboxylic acids is 1. The second-order valence-electron chi connectivity index (χ2n) is 4.97. The molecular formula is C15H11N5O2. The lowest BCUT2D eigenvalue weighted by molar-refractivity contribution is 0.103. The highest BCUT2D eigenvalue weighted by molar-refractivity contribution is 6.12. The van der Waals surface area contributed by atoms with E-state index in [0.29, 0.717) is 28.3 Å². The van der Waals surface area contributed by atoms with Crippen LogP contribution >= 0.6 is 0 Å². The van der Waals surface area contributed by atoms with E-state index in [4.69, 9.17) is 4.74 Å². The molecule has 3 heterocycles. The molecule has 0 fully saturated rings. The van der Waals surface area contributed by atoms with Gasteiger partial charge in [0.15, 0.2) is 11.6 Å². The second-order valence-corrected chi connectivity index (χ2v) is 4.97. The SMILES string of the molecule is Cc1ncc2c(c1-c1nnn[nH]1)COc1ccccc1C2=O. The summed E-state index contributed by atoms with van der Waals surface area (Å²) in [6.07, 6.45) is 1.59. The smallest absolute Gasteiger partial charge is 0.198 e. The first-order valence-electron chi connectivity index (χ1n) is 6.75. The highest BCUT2D eigenvalue weighted by atomic mass is 16.5. The number of hydrogen-bond acceptors (Lipinski definition) is 6. The van der Waals surface area contributed by atoms with Crippen molar-refractivity contribution in [2.75, 3.05) is 0 Å². The fourth-order valence-corrected chi connectivity index (χ4v) is 2.66. The molecule has 4 rings (SSSR count). The Kier molecular flexibility index (Phi) is 2.72. The summed E-state index contributed by atoms with van der Waals surface area (Å²) < 4.78 is 5.81. The molecule has 2 aromatic heterocycles. The molecule has 0 spiro atoms. The normalized spacial score (nSPS) is 13.0. The second kappa shape index (κ2) is 4.73. The van der Waals surface area contributed by atoms with E-state index in [1.165, 1.54) is 0 Å². The Balaban J connectivity index is 1.97. The van der Waals surface area contributed by atoms with Gasteiger partial charge in [-0.05, 0) is 29.5 Å². The Hall–Kier alpha value is -3.09. The number of nitrogens with zero attached hydrogens (tertiary/aromatic N) is 4. The summed E-state index contributed by atoms with van der Waals surface area (Å²) in [6, 6.07) is 7.19. The zero-order valence-corrected chi connectivity index (χ0v) is 11.7. The minimum atomic E-state index is -0.107. The van der Waals surface area contributed by atoms with Crippen molar-refractivity contribution < 1.29 is 9.53 Å². The van der Waals surface area contributed by atoms with E-state index in [9.17, 15) is 4.79 Å². The van der Waals surface area contributed by atoms with E-state index in [2.05, 4.69) is 25.6 Å². The molecule has 22 heavy (non-hydrogen) atoms. The molecule has 1 aliphatic heterocycles. The van der Waals surface area contributed by atoms with Crippen molar-refractivity contribution in [3.05, 3.63) is 52.8 Å². The van der Waals surface area contributed by atoms with Crippen molar-refractivity contribution in [3.63, 3.8) is 0 Å². The summed E-state index contributed by atoms with van der Waals surface area (Å²) in [6.45, 7) is 2.11. The number of aromatic amines is 1. The van der Waals surface area contributed by atoms with Gasteiger partial charge in [0.1, 0.15) is 12.4 Å². The Bertz CT molecular complexity index is 874. The minimum absolute atomic E-state index is 0.107.